The Morgan fingerprint density at radius 3 is 2.58 bits per heavy atom. The molecule has 102 valence electrons. The molecule has 0 aliphatic carbocycles. The van der Waals surface area contributed by atoms with Crippen molar-refractivity contribution in [2.75, 3.05) is 6.54 Å². The summed E-state index contributed by atoms with van der Waals surface area (Å²) in [6.07, 6.45) is 3.11. The molecule has 0 amide bonds. The molecule has 1 unspecified atom stereocenters. The van der Waals surface area contributed by atoms with Crippen molar-refractivity contribution in [3.8, 4) is 5.69 Å². The fourth-order valence-electron chi connectivity index (χ4n) is 2.29. The summed E-state index contributed by atoms with van der Waals surface area (Å²) in [6, 6.07) is 10.3. The second-order valence-electron chi connectivity index (χ2n) is 5.06. The highest BCUT2D eigenvalue weighted by Gasteiger charge is 2.11. The van der Waals surface area contributed by atoms with Gasteiger partial charge in [-0.1, -0.05) is 25.1 Å². The summed E-state index contributed by atoms with van der Waals surface area (Å²) in [4.78, 5) is 0. The molecule has 1 aromatic heterocycles. The van der Waals surface area contributed by atoms with E-state index in [1.165, 1.54) is 0 Å². The number of benzene rings is 1. The Bertz CT molecular complexity index is 504. The zero-order valence-electron chi connectivity index (χ0n) is 11.7. The van der Waals surface area contributed by atoms with Gasteiger partial charge in [-0.3, -0.25) is 4.57 Å². The maximum absolute atomic E-state index is 5.59. The van der Waals surface area contributed by atoms with Gasteiger partial charge in [-0.15, -0.1) is 10.2 Å². The normalized spacial score (nSPS) is 12.6. The van der Waals surface area contributed by atoms with E-state index >= 15 is 0 Å². The number of nitrogens with two attached hydrogens (primary N) is 1. The number of hydrogen-bond acceptors (Lipinski definition) is 3. The van der Waals surface area contributed by atoms with Crippen LogP contribution in [0.25, 0.3) is 5.69 Å². The van der Waals surface area contributed by atoms with Crippen LogP contribution in [0.2, 0.25) is 0 Å². The molecule has 0 aliphatic rings. The van der Waals surface area contributed by atoms with Gasteiger partial charge in [0.15, 0.2) is 0 Å². The predicted octanol–water partition coefficient (Wildman–Crippen LogP) is 2.49. The van der Waals surface area contributed by atoms with Gasteiger partial charge in [-0.2, -0.15) is 0 Å². The molecule has 0 aliphatic heterocycles. The minimum Gasteiger partial charge on any atom is -0.330 e. The van der Waals surface area contributed by atoms with E-state index in [1.807, 2.05) is 25.1 Å². The van der Waals surface area contributed by atoms with Crippen LogP contribution in [0, 0.1) is 12.8 Å². The zero-order valence-corrected chi connectivity index (χ0v) is 11.7. The van der Waals surface area contributed by atoms with E-state index in [9.17, 15) is 0 Å². The van der Waals surface area contributed by atoms with Gasteiger partial charge >= 0.3 is 0 Å². The van der Waals surface area contributed by atoms with E-state index in [0.29, 0.717) is 5.92 Å². The van der Waals surface area contributed by atoms with Gasteiger partial charge in [-0.25, -0.2) is 0 Å². The van der Waals surface area contributed by atoms with Crippen LogP contribution in [0.1, 0.15) is 31.4 Å². The molecule has 0 spiro atoms. The summed E-state index contributed by atoms with van der Waals surface area (Å²) < 4.78 is 2.13. The summed E-state index contributed by atoms with van der Waals surface area (Å²) in [5.74, 6) is 2.60. The van der Waals surface area contributed by atoms with E-state index in [0.717, 1.165) is 43.1 Å². The molecule has 0 radical (unpaired) electrons. The Morgan fingerprint density at radius 1 is 1.16 bits per heavy atom. The lowest BCUT2D eigenvalue weighted by Gasteiger charge is -2.11. The van der Waals surface area contributed by atoms with Crippen LogP contribution in [-0.4, -0.2) is 21.3 Å². The Balaban J connectivity index is 2.14. The minimum absolute atomic E-state index is 0.631. The Hall–Kier alpha value is -1.68. The fraction of sp³-hybridized carbons (Fsp3) is 0.467. The van der Waals surface area contributed by atoms with Gasteiger partial charge < -0.3 is 5.73 Å². The first-order chi connectivity index (χ1) is 9.22. The van der Waals surface area contributed by atoms with E-state index < -0.39 is 0 Å². The van der Waals surface area contributed by atoms with Crippen LogP contribution in [-0.2, 0) is 6.42 Å². The summed E-state index contributed by atoms with van der Waals surface area (Å²) >= 11 is 0. The Kier molecular flexibility index (Phi) is 4.68. The van der Waals surface area contributed by atoms with E-state index in [-0.39, 0.29) is 0 Å². The van der Waals surface area contributed by atoms with Crippen molar-refractivity contribution in [3.05, 3.63) is 42.0 Å². The summed E-state index contributed by atoms with van der Waals surface area (Å²) in [5, 5.41) is 8.51. The van der Waals surface area contributed by atoms with Crippen molar-refractivity contribution in [1.82, 2.24) is 14.8 Å². The first kappa shape index (κ1) is 13.7. The van der Waals surface area contributed by atoms with Gasteiger partial charge in [0.2, 0.25) is 0 Å². The second-order valence-corrected chi connectivity index (χ2v) is 5.06. The number of nitrogens with zero attached hydrogens (tertiary/aromatic N) is 3. The van der Waals surface area contributed by atoms with E-state index in [2.05, 4.69) is 33.8 Å². The van der Waals surface area contributed by atoms with Crippen LogP contribution < -0.4 is 5.73 Å². The number of aryl methyl sites for hydroxylation is 2. The molecule has 2 aromatic rings. The highest BCUT2D eigenvalue weighted by molar-refractivity contribution is 5.33. The van der Waals surface area contributed by atoms with Crippen LogP contribution in [0.15, 0.2) is 30.3 Å². The van der Waals surface area contributed by atoms with Gasteiger partial charge in [0.25, 0.3) is 0 Å². The second kappa shape index (κ2) is 6.48. The Labute approximate surface area is 114 Å². The van der Waals surface area contributed by atoms with Crippen LogP contribution in [0.4, 0.5) is 0 Å². The fourth-order valence-corrected chi connectivity index (χ4v) is 2.29. The number of rotatable bonds is 6. The SMILES string of the molecule is Cc1nnc(CCC(C)CCN)n1-c1ccccc1. The third-order valence-electron chi connectivity index (χ3n) is 3.43. The monoisotopic (exact) mass is 258 g/mol. The molecule has 1 atom stereocenters. The van der Waals surface area contributed by atoms with Crippen molar-refractivity contribution in [3.63, 3.8) is 0 Å². The summed E-state index contributed by atoms with van der Waals surface area (Å²) in [7, 11) is 0. The number of hydrogen-bond donors (Lipinski definition) is 1. The number of aromatic nitrogens is 3. The molecule has 1 aromatic carbocycles. The van der Waals surface area contributed by atoms with Crippen molar-refractivity contribution in [2.45, 2.75) is 33.1 Å². The molecule has 1 heterocycles. The molecule has 0 bridgehead atoms. The molecular formula is C15H22N4. The Morgan fingerprint density at radius 2 is 1.89 bits per heavy atom. The molecule has 2 rings (SSSR count). The zero-order chi connectivity index (χ0) is 13.7. The maximum Gasteiger partial charge on any atom is 0.137 e. The van der Waals surface area contributed by atoms with Crippen LogP contribution >= 0.6 is 0 Å². The summed E-state index contributed by atoms with van der Waals surface area (Å²) in [5.41, 5.74) is 6.72. The first-order valence-corrected chi connectivity index (χ1v) is 6.88. The predicted molar refractivity (Wildman–Crippen MR) is 77.3 cm³/mol. The van der Waals surface area contributed by atoms with Crippen molar-refractivity contribution in [2.24, 2.45) is 11.7 Å². The molecular weight excluding hydrogens is 236 g/mol. The third-order valence-corrected chi connectivity index (χ3v) is 3.43. The lowest BCUT2D eigenvalue weighted by Crippen LogP contribution is -2.09. The third kappa shape index (κ3) is 3.41. The van der Waals surface area contributed by atoms with Crippen molar-refractivity contribution < 1.29 is 0 Å². The molecule has 0 saturated carbocycles. The highest BCUT2D eigenvalue weighted by Crippen LogP contribution is 2.16. The first-order valence-electron chi connectivity index (χ1n) is 6.88. The van der Waals surface area contributed by atoms with Gasteiger partial charge in [0, 0.05) is 12.1 Å². The lowest BCUT2D eigenvalue weighted by molar-refractivity contribution is 0.491. The average Bonchev–Trinajstić information content (AvgIpc) is 2.79. The maximum atomic E-state index is 5.59. The number of para-hydroxylation sites is 1. The highest BCUT2D eigenvalue weighted by atomic mass is 15.3. The topological polar surface area (TPSA) is 56.7 Å². The molecule has 2 N–H and O–H groups in total. The average molecular weight is 258 g/mol. The molecule has 0 fully saturated rings. The van der Waals surface area contributed by atoms with Gasteiger partial charge in [0.1, 0.15) is 11.6 Å². The van der Waals surface area contributed by atoms with Crippen LogP contribution in [0.3, 0.4) is 0 Å². The summed E-state index contributed by atoms with van der Waals surface area (Å²) in [6.45, 7) is 4.99. The van der Waals surface area contributed by atoms with E-state index in [1.54, 1.807) is 0 Å². The smallest absolute Gasteiger partial charge is 0.137 e. The molecule has 4 heteroatoms. The quantitative estimate of drug-likeness (QED) is 0.866. The van der Waals surface area contributed by atoms with E-state index in [4.69, 9.17) is 5.73 Å². The molecule has 4 nitrogen and oxygen atoms in total. The molecule has 19 heavy (non-hydrogen) atoms. The van der Waals surface area contributed by atoms with Crippen molar-refractivity contribution >= 4 is 0 Å². The largest absolute Gasteiger partial charge is 0.330 e. The van der Waals surface area contributed by atoms with Gasteiger partial charge in [0.05, 0.1) is 0 Å². The standard InChI is InChI=1S/C15H22N4/c1-12(10-11-16)8-9-15-18-17-13(2)19(15)14-6-4-3-5-7-14/h3-7,12H,8-11,16H2,1-2H3. The molecule has 0 saturated heterocycles. The van der Waals surface area contributed by atoms with Crippen molar-refractivity contribution in [1.29, 1.82) is 0 Å². The lowest BCUT2D eigenvalue weighted by atomic mass is 10.0. The minimum atomic E-state index is 0.631. The van der Waals surface area contributed by atoms with Crippen LogP contribution in [0.5, 0.6) is 0 Å². The van der Waals surface area contributed by atoms with Gasteiger partial charge in [-0.05, 0) is 44.4 Å².